The Balaban J connectivity index is 1.99. The molecular weight excluding hydrogens is 286 g/mol. The first-order valence-corrected chi connectivity index (χ1v) is 8.91. The molecule has 0 radical (unpaired) electrons. The van der Waals surface area contributed by atoms with Crippen molar-refractivity contribution in [1.29, 1.82) is 0 Å². The minimum Gasteiger partial charge on any atom is -0.316 e. The minimum atomic E-state index is -3.41. The van der Waals surface area contributed by atoms with Crippen molar-refractivity contribution >= 4 is 10.0 Å². The fourth-order valence-electron chi connectivity index (χ4n) is 2.78. The van der Waals surface area contributed by atoms with E-state index in [1.165, 1.54) is 0 Å². The van der Waals surface area contributed by atoms with Gasteiger partial charge in [-0.25, -0.2) is 13.1 Å². The second kappa shape index (κ2) is 7.35. The summed E-state index contributed by atoms with van der Waals surface area (Å²) in [7, 11) is 0.517. The van der Waals surface area contributed by atoms with Gasteiger partial charge in [0.25, 0.3) is 0 Å². The van der Waals surface area contributed by atoms with Crippen molar-refractivity contribution in [2.45, 2.75) is 24.3 Å². The zero-order valence-corrected chi connectivity index (χ0v) is 13.6. The topological polar surface area (TPSA) is 61.4 Å². The van der Waals surface area contributed by atoms with Crippen LogP contribution >= 0.6 is 0 Å². The van der Waals surface area contributed by atoms with E-state index in [1.54, 1.807) is 18.2 Å². The average Bonchev–Trinajstić information content (AvgIpc) is 2.46. The molecule has 0 amide bonds. The molecule has 0 aliphatic carbocycles. The van der Waals surface area contributed by atoms with Crippen molar-refractivity contribution in [2.75, 3.05) is 33.7 Å². The Morgan fingerprint density at radius 1 is 1.38 bits per heavy atom. The van der Waals surface area contributed by atoms with Gasteiger partial charge in [0.1, 0.15) is 0 Å². The van der Waals surface area contributed by atoms with E-state index >= 15 is 0 Å². The van der Waals surface area contributed by atoms with Gasteiger partial charge in [-0.2, -0.15) is 0 Å². The molecule has 1 aromatic carbocycles. The van der Waals surface area contributed by atoms with Crippen LogP contribution in [0, 0.1) is 5.92 Å². The van der Waals surface area contributed by atoms with Crippen LogP contribution in [0.3, 0.4) is 0 Å². The first kappa shape index (κ1) is 16.4. The number of rotatable bonds is 6. The molecule has 0 bridgehead atoms. The summed E-state index contributed by atoms with van der Waals surface area (Å²) in [6.45, 7) is 3.25. The third-order valence-electron chi connectivity index (χ3n) is 3.87. The predicted molar refractivity (Wildman–Crippen MR) is 84.6 cm³/mol. The third-order valence-corrected chi connectivity index (χ3v) is 5.29. The molecule has 1 aliphatic heterocycles. The normalized spacial score (nSPS) is 20.6. The van der Waals surface area contributed by atoms with Gasteiger partial charge in [0, 0.05) is 19.6 Å². The molecule has 21 heavy (non-hydrogen) atoms. The van der Waals surface area contributed by atoms with E-state index in [0.29, 0.717) is 23.9 Å². The Morgan fingerprint density at radius 3 is 2.90 bits per heavy atom. The van der Waals surface area contributed by atoms with E-state index in [2.05, 4.69) is 22.0 Å². The number of hydrogen-bond acceptors (Lipinski definition) is 4. The number of piperidine rings is 1. The number of benzene rings is 1. The van der Waals surface area contributed by atoms with Crippen molar-refractivity contribution in [1.82, 2.24) is 14.9 Å². The second-order valence-corrected chi connectivity index (χ2v) is 7.57. The molecule has 1 fully saturated rings. The number of nitrogens with zero attached hydrogens (tertiary/aromatic N) is 1. The van der Waals surface area contributed by atoms with Crippen molar-refractivity contribution < 1.29 is 8.42 Å². The summed E-state index contributed by atoms with van der Waals surface area (Å²) in [5.41, 5.74) is 0.970. The molecule has 0 aromatic heterocycles. The highest BCUT2D eigenvalue weighted by atomic mass is 32.2. The summed E-state index contributed by atoms with van der Waals surface area (Å²) in [6.07, 6.45) is 2.23. The lowest BCUT2D eigenvalue weighted by atomic mass is 9.99. The summed E-state index contributed by atoms with van der Waals surface area (Å²) in [5, 5.41) is 3.03. The zero-order valence-electron chi connectivity index (χ0n) is 12.8. The maximum Gasteiger partial charge on any atom is 0.240 e. The Kier molecular flexibility index (Phi) is 5.75. The monoisotopic (exact) mass is 311 g/mol. The van der Waals surface area contributed by atoms with Gasteiger partial charge in [0.2, 0.25) is 10.0 Å². The van der Waals surface area contributed by atoms with Crippen LogP contribution < -0.4 is 10.0 Å². The van der Waals surface area contributed by atoms with E-state index in [1.807, 2.05) is 13.1 Å². The van der Waals surface area contributed by atoms with E-state index in [-0.39, 0.29) is 0 Å². The lowest BCUT2D eigenvalue weighted by molar-refractivity contribution is 0.211. The first-order chi connectivity index (χ1) is 10.0. The van der Waals surface area contributed by atoms with Crippen LogP contribution in [0.1, 0.15) is 18.4 Å². The second-order valence-electron chi connectivity index (χ2n) is 5.80. The molecule has 6 heteroatoms. The molecule has 1 atom stereocenters. The molecule has 0 spiro atoms. The van der Waals surface area contributed by atoms with Gasteiger partial charge in [-0.15, -0.1) is 0 Å². The molecule has 1 unspecified atom stereocenters. The van der Waals surface area contributed by atoms with Crippen LogP contribution in [0.5, 0.6) is 0 Å². The predicted octanol–water partition coefficient (Wildman–Crippen LogP) is 1.03. The van der Waals surface area contributed by atoms with Crippen LogP contribution in [0.2, 0.25) is 0 Å². The van der Waals surface area contributed by atoms with Crippen molar-refractivity contribution in [2.24, 2.45) is 5.92 Å². The molecule has 0 saturated carbocycles. The van der Waals surface area contributed by atoms with Gasteiger partial charge in [0.15, 0.2) is 0 Å². The molecule has 1 aliphatic rings. The highest BCUT2D eigenvalue weighted by Crippen LogP contribution is 2.16. The van der Waals surface area contributed by atoms with Crippen LogP contribution in [0.25, 0.3) is 0 Å². The largest absolute Gasteiger partial charge is 0.316 e. The quantitative estimate of drug-likeness (QED) is 0.824. The van der Waals surface area contributed by atoms with Crippen LogP contribution in [-0.4, -0.2) is 47.0 Å². The molecule has 5 nitrogen and oxygen atoms in total. The third kappa shape index (κ3) is 4.78. The fraction of sp³-hybridized carbons (Fsp3) is 0.600. The highest BCUT2D eigenvalue weighted by molar-refractivity contribution is 7.89. The van der Waals surface area contributed by atoms with Gasteiger partial charge < -0.3 is 10.2 Å². The Hall–Kier alpha value is -0.950. The van der Waals surface area contributed by atoms with E-state index in [4.69, 9.17) is 0 Å². The van der Waals surface area contributed by atoms with Crippen molar-refractivity contribution in [3.63, 3.8) is 0 Å². The van der Waals surface area contributed by atoms with Gasteiger partial charge in [-0.05, 0) is 57.1 Å². The number of likely N-dealkylation sites (tertiary alicyclic amines) is 1. The van der Waals surface area contributed by atoms with Crippen molar-refractivity contribution in [3.8, 4) is 0 Å². The summed E-state index contributed by atoms with van der Waals surface area (Å²) in [6, 6.07) is 7.08. The Morgan fingerprint density at radius 2 is 2.19 bits per heavy atom. The minimum absolute atomic E-state index is 0.347. The lowest BCUT2D eigenvalue weighted by Gasteiger charge is -2.29. The molecule has 1 aromatic rings. The molecule has 1 saturated heterocycles. The lowest BCUT2D eigenvalue weighted by Crippen LogP contribution is -2.39. The van der Waals surface area contributed by atoms with Crippen molar-refractivity contribution in [3.05, 3.63) is 29.8 Å². The molecule has 2 N–H and O–H groups in total. The van der Waals surface area contributed by atoms with Crippen LogP contribution in [0.4, 0.5) is 0 Å². The molecule has 118 valence electrons. The standard InChI is InChI=1S/C15H25N3O2S/c1-16-10-13-5-3-7-15(9-13)21(19,20)17-11-14-6-4-8-18(2)12-14/h3,5,7,9,14,16-17H,4,6,8,10-12H2,1-2H3. The molecular formula is C15H25N3O2S. The Labute approximate surface area is 127 Å². The molecule has 1 heterocycles. The van der Waals surface area contributed by atoms with E-state index in [0.717, 1.165) is 31.5 Å². The average molecular weight is 311 g/mol. The smallest absolute Gasteiger partial charge is 0.240 e. The van der Waals surface area contributed by atoms with Crippen LogP contribution in [-0.2, 0) is 16.6 Å². The zero-order chi connectivity index (χ0) is 15.3. The van der Waals surface area contributed by atoms with Gasteiger partial charge in [0.05, 0.1) is 4.90 Å². The maximum atomic E-state index is 12.4. The first-order valence-electron chi connectivity index (χ1n) is 7.43. The maximum absolute atomic E-state index is 12.4. The van der Waals surface area contributed by atoms with Gasteiger partial charge >= 0.3 is 0 Å². The number of sulfonamides is 1. The van der Waals surface area contributed by atoms with Gasteiger partial charge in [-0.3, -0.25) is 0 Å². The summed E-state index contributed by atoms with van der Waals surface area (Å²) >= 11 is 0. The summed E-state index contributed by atoms with van der Waals surface area (Å²) in [4.78, 5) is 2.61. The summed E-state index contributed by atoms with van der Waals surface area (Å²) in [5.74, 6) is 0.402. The fourth-order valence-corrected chi connectivity index (χ4v) is 3.96. The SMILES string of the molecule is CNCc1cccc(S(=O)(=O)NCC2CCCN(C)C2)c1. The molecule has 2 rings (SSSR count). The Bertz CT molecular complexity index is 560. The van der Waals surface area contributed by atoms with Crippen LogP contribution in [0.15, 0.2) is 29.2 Å². The number of hydrogen-bond donors (Lipinski definition) is 2. The number of nitrogens with one attached hydrogen (secondary N) is 2. The highest BCUT2D eigenvalue weighted by Gasteiger charge is 2.20. The van der Waals surface area contributed by atoms with E-state index < -0.39 is 10.0 Å². The van der Waals surface area contributed by atoms with Gasteiger partial charge in [-0.1, -0.05) is 12.1 Å². The van der Waals surface area contributed by atoms with E-state index in [9.17, 15) is 8.42 Å². The summed E-state index contributed by atoms with van der Waals surface area (Å²) < 4.78 is 27.5.